The zero-order valence-electron chi connectivity index (χ0n) is 17.5. The Balaban J connectivity index is 0.000000320. The van der Waals surface area contributed by atoms with Crippen molar-refractivity contribution in [3.05, 3.63) is 72.8 Å². The molecule has 6 N–H and O–H groups in total. The maximum atomic E-state index is 11.3. The van der Waals surface area contributed by atoms with Gasteiger partial charge in [0.25, 0.3) is 11.8 Å². The number of hydrogen-bond acceptors (Lipinski definition) is 6. The summed E-state index contributed by atoms with van der Waals surface area (Å²) in [5, 5.41) is 14.9. The highest BCUT2D eigenvalue weighted by atomic mass is 32.2. The lowest BCUT2D eigenvalue weighted by atomic mass is 10.3. The molecular formula is C20H24N4O6S2. The van der Waals surface area contributed by atoms with Gasteiger partial charge < -0.3 is 10.6 Å². The third kappa shape index (κ3) is 8.07. The fourth-order valence-corrected chi connectivity index (χ4v) is 3.48. The van der Waals surface area contributed by atoms with E-state index in [2.05, 4.69) is 23.8 Å². The molecule has 172 valence electrons. The molecule has 2 aromatic rings. The molecule has 0 saturated heterocycles. The fraction of sp³-hybridized carbons (Fsp3) is 0.100. The third-order valence-electron chi connectivity index (χ3n) is 3.66. The van der Waals surface area contributed by atoms with Gasteiger partial charge >= 0.3 is 0 Å². The highest BCUT2D eigenvalue weighted by Gasteiger charge is 2.16. The smallest absolute Gasteiger partial charge is 0.250 e. The van der Waals surface area contributed by atoms with E-state index in [1.54, 1.807) is 12.1 Å². The molecule has 0 atom stereocenters. The Labute approximate surface area is 187 Å². The lowest BCUT2D eigenvalue weighted by Crippen LogP contribution is -2.18. The molecule has 10 nitrogen and oxygen atoms in total. The standard InChI is InChI=1S/2C10H12N2O3S/c2*1-7(2)10(13)12-8-5-3-4-6-9(8)16(11,14)15/h2*3-6H,1H2,2H3,(H,12,13)(H2,11,14,15). The summed E-state index contributed by atoms with van der Waals surface area (Å²) in [4.78, 5) is 22.4. The maximum absolute atomic E-state index is 11.3. The van der Waals surface area contributed by atoms with Crippen LogP contribution in [0, 0.1) is 0 Å². The van der Waals surface area contributed by atoms with Crippen LogP contribution in [-0.2, 0) is 29.6 Å². The zero-order valence-corrected chi connectivity index (χ0v) is 19.1. The van der Waals surface area contributed by atoms with Gasteiger partial charge in [-0.2, -0.15) is 0 Å². The molecule has 0 aliphatic carbocycles. The largest absolute Gasteiger partial charge is 0.321 e. The number of carbonyl (C=O) groups is 2. The number of amides is 2. The van der Waals surface area contributed by atoms with Crippen LogP contribution in [0.5, 0.6) is 0 Å². The summed E-state index contributed by atoms with van der Waals surface area (Å²) in [6, 6.07) is 11.8. The molecule has 0 bridgehead atoms. The number of carbonyl (C=O) groups excluding carboxylic acids is 2. The predicted molar refractivity (Wildman–Crippen MR) is 123 cm³/mol. The van der Waals surface area contributed by atoms with Crippen LogP contribution in [0.25, 0.3) is 0 Å². The van der Waals surface area contributed by atoms with Crippen LogP contribution in [0.1, 0.15) is 13.8 Å². The van der Waals surface area contributed by atoms with Crippen molar-refractivity contribution in [2.24, 2.45) is 10.3 Å². The molecule has 0 aliphatic rings. The number of anilines is 2. The van der Waals surface area contributed by atoms with E-state index in [4.69, 9.17) is 10.3 Å². The summed E-state index contributed by atoms with van der Waals surface area (Å²) < 4.78 is 44.8. The molecule has 0 heterocycles. The molecule has 0 aliphatic heterocycles. The van der Waals surface area contributed by atoms with Gasteiger partial charge in [-0.1, -0.05) is 37.4 Å². The molecule has 0 spiro atoms. The van der Waals surface area contributed by atoms with Crippen molar-refractivity contribution in [3.63, 3.8) is 0 Å². The van der Waals surface area contributed by atoms with Crippen molar-refractivity contribution < 1.29 is 26.4 Å². The minimum absolute atomic E-state index is 0.121. The van der Waals surface area contributed by atoms with Crippen molar-refractivity contribution in [2.75, 3.05) is 10.6 Å². The van der Waals surface area contributed by atoms with Gasteiger partial charge in [0.15, 0.2) is 0 Å². The maximum Gasteiger partial charge on any atom is 0.250 e. The zero-order chi connectivity index (χ0) is 24.7. The van der Waals surface area contributed by atoms with E-state index in [0.717, 1.165) is 0 Å². The van der Waals surface area contributed by atoms with Gasteiger partial charge in [-0.3, -0.25) is 9.59 Å². The van der Waals surface area contributed by atoms with Crippen molar-refractivity contribution >= 4 is 43.2 Å². The van der Waals surface area contributed by atoms with Crippen molar-refractivity contribution in [1.82, 2.24) is 0 Å². The first-order chi connectivity index (χ1) is 14.6. The number of nitrogens with one attached hydrogen (secondary N) is 2. The number of hydrogen-bond donors (Lipinski definition) is 4. The molecule has 0 aromatic heterocycles. The molecule has 32 heavy (non-hydrogen) atoms. The molecule has 0 fully saturated rings. The van der Waals surface area contributed by atoms with E-state index in [1.165, 1.54) is 50.2 Å². The van der Waals surface area contributed by atoms with E-state index >= 15 is 0 Å². The van der Waals surface area contributed by atoms with Crippen LogP contribution < -0.4 is 20.9 Å². The van der Waals surface area contributed by atoms with Crippen molar-refractivity contribution in [2.45, 2.75) is 23.6 Å². The first kappa shape index (κ1) is 26.7. The van der Waals surface area contributed by atoms with Gasteiger partial charge in [0.1, 0.15) is 9.79 Å². The molecular weight excluding hydrogens is 456 g/mol. The second kappa shape index (κ2) is 10.8. The Hall–Kier alpha value is -3.32. The van der Waals surface area contributed by atoms with Crippen LogP contribution in [0.4, 0.5) is 11.4 Å². The Morgan fingerprint density at radius 3 is 1.22 bits per heavy atom. The van der Waals surface area contributed by atoms with E-state index in [0.29, 0.717) is 0 Å². The Bertz CT molecular complexity index is 1170. The Morgan fingerprint density at radius 1 is 0.688 bits per heavy atom. The molecule has 0 radical (unpaired) electrons. The number of primary sulfonamides is 2. The lowest BCUT2D eigenvalue weighted by Gasteiger charge is -2.08. The number of sulfonamides is 2. The number of rotatable bonds is 6. The topological polar surface area (TPSA) is 179 Å². The molecule has 12 heteroatoms. The van der Waals surface area contributed by atoms with Gasteiger partial charge in [0, 0.05) is 11.1 Å². The van der Waals surface area contributed by atoms with Gasteiger partial charge in [-0.25, -0.2) is 27.1 Å². The second-order valence-electron chi connectivity index (χ2n) is 6.55. The van der Waals surface area contributed by atoms with Gasteiger partial charge in [-0.05, 0) is 38.1 Å². The van der Waals surface area contributed by atoms with Gasteiger partial charge in [0.2, 0.25) is 20.0 Å². The summed E-state index contributed by atoms with van der Waals surface area (Å²) >= 11 is 0. The van der Waals surface area contributed by atoms with Gasteiger partial charge in [-0.15, -0.1) is 0 Å². The molecule has 2 aromatic carbocycles. The van der Waals surface area contributed by atoms with Crippen LogP contribution in [0.2, 0.25) is 0 Å². The lowest BCUT2D eigenvalue weighted by molar-refractivity contribution is -0.113. The summed E-state index contributed by atoms with van der Waals surface area (Å²) in [6.45, 7) is 9.95. The van der Waals surface area contributed by atoms with Crippen LogP contribution >= 0.6 is 0 Å². The first-order valence-electron chi connectivity index (χ1n) is 8.82. The van der Waals surface area contributed by atoms with Crippen molar-refractivity contribution in [3.8, 4) is 0 Å². The normalized spacial score (nSPS) is 10.9. The van der Waals surface area contributed by atoms with E-state index in [-0.39, 0.29) is 32.3 Å². The number of nitrogens with two attached hydrogens (primary N) is 2. The van der Waals surface area contributed by atoms with Crippen LogP contribution in [-0.4, -0.2) is 28.6 Å². The SMILES string of the molecule is C=C(C)C(=O)Nc1ccccc1S(N)(=O)=O.C=C(C)C(=O)Nc1ccccc1S(N)(=O)=O. The monoisotopic (exact) mass is 480 g/mol. The minimum atomic E-state index is -3.85. The molecule has 2 rings (SSSR count). The number of para-hydroxylation sites is 2. The summed E-state index contributed by atoms with van der Waals surface area (Å²) in [5.41, 5.74) is 0.865. The quantitative estimate of drug-likeness (QED) is 0.457. The Kier molecular flexibility index (Phi) is 9.03. The first-order valence-corrected chi connectivity index (χ1v) is 11.9. The Morgan fingerprint density at radius 2 is 0.969 bits per heavy atom. The summed E-state index contributed by atoms with van der Waals surface area (Å²) in [6.07, 6.45) is 0. The van der Waals surface area contributed by atoms with Crippen LogP contribution in [0.3, 0.4) is 0 Å². The third-order valence-corrected chi connectivity index (χ3v) is 5.60. The summed E-state index contributed by atoms with van der Waals surface area (Å²) in [5.74, 6) is -0.896. The van der Waals surface area contributed by atoms with Crippen LogP contribution in [0.15, 0.2) is 82.6 Å². The van der Waals surface area contributed by atoms with E-state index in [9.17, 15) is 26.4 Å². The highest BCUT2D eigenvalue weighted by molar-refractivity contribution is 7.89. The molecule has 0 saturated carbocycles. The fourth-order valence-electron chi connectivity index (χ4n) is 2.09. The van der Waals surface area contributed by atoms with Gasteiger partial charge in [0.05, 0.1) is 11.4 Å². The predicted octanol–water partition coefficient (Wildman–Crippen LogP) is 1.70. The van der Waals surface area contributed by atoms with E-state index < -0.39 is 31.9 Å². The average Bonchev–Trinajstić information content (AvgIpc) is 2.67. The highest BCUT2D eigenvalue weighted by Crippen LogP contribution is 2.20. The average molecular weight is 481 g/mol. The molecule has 0 unspecified atom stereocenters. The molecule has 2 amide bonds. The number of benzene rings is 2. The van der Waals surface area contributed by atoms with Crippen molar-refractivity contribution in [1.29, 1.82) is 0 Å². The second-order valence-corrected chi connectivity index (χ2v) is 9.61. The summed E-state index contributed by atoms with van der Waals surface area (Å²) in [7, 11) is -7.70. The van der Waals surface area contributed by atoms with E-state index in [1.807, 2.05) is 0 Å². The minimum Gasteiger partial charge on any atom is -0.321 e.